The molecule has 0 unspecified atom stereocenters. The molecule has 6 heteroatoms. The van der Waals surface area contributed by atoms with Crippen LogP contribution in [0, 0.1) is 6.92 Å². The van der Waals surface area contributed by atoms with Crippen LogP contribution in [0.5, 0.6) is 0 Å². The average molecular weight is 435 g/mol. The maximum absolute atomic E-state index is 12.8. The van der Waals surface area contributed by atoms with Crippen molar-refractivity contribution in [1.82, 2.24) is 19.7 Å². The van der Waals surface area contributed by atoms with Crippen LogP contribution in [0.3, 0.4) is 0 Å². The zero-order valence-corrected chi connectivity index (χ0v) is 19.1. The van der Waals surface area contributed by atoms with Crippen molar-refractivity contribution in [3.05, 3.63) is 71.5 Å². The molecule has 162 valence electrons. The SMILES string of the molecule is Cc1cccc(-n2c(CCc3ccccc3)nnc2SCC(=O)N2CCCC[C@@H]2C)c1. The smallest absolute Gasteiger partial charge is 0.233 e. The number of amides is 1. The molecule has 2 heterocycles. The number of rotatable bonds is 7. The fourth-order valence-electron chi connectivity index (χ4n) is 4.16. The van der Waals surface area contributed by atoms with Gasteiger partial charge in [0.2, 0.25) is 5.91 Å². The Balaban J connectivity index is 1.54. The van der Waals surface area contributed by atoms with E-state index in [-0.39, 0.29) is 5.91 Å². The minimum absolute atomic E-state index is 0.196. The molecular formula is C25H30N4OS. The van der Waals surface area contributed by atoms with Gasteiger partial charge in [0.25, 0.3) is 0 Å². The molecule has 1 amide bonds. The number of likely N-dealkylation sites (tertiary alicyclic amines) is 1. The Morgan fingerprint density at radius 3 is 2.68 bits per heavy atom. The molecule has 0 N–H and O–H groups in total. The summed E-state index contributed by atoms with van der Waals surface area (Å²) < 4.78 is 2.12. The van der Waals surface area contributed by atoms with Crippen molar-refractivity contribution in [2.75, 3.05) is 12.3 Å². The standard InChI is InChI=1S/C25H30N4OS/c1-19-9-8-13-22(17-19)29-23(15-14-21-11-4-3-5-12-21)26-27-25(29)31-18-24(30)28-16-7-6-10-20(28)2/h3-5,8-9,11-13,17,20H,6-7,10,14-16,18H2,1-2H3/t20-/m0/s1. The van der Waals surface area contributed by atoms with Crippen LogP contribution in [-0.4, -0.2) is 43.9 Å². The molecule has 31 heavy (non-hydrogen) atoms. The molecule has 5 nitrogen and oxygen atoms in total. The summed E-state index contributed by atoms with van der Waals surface area (Å²) in [6.07, 6.45) is 5.11. The number of aryl methyl sites for hydroxylation is 3. The van der Waals surface area contributed by atoms with Crippen LogP contribution in [0.1, 0.15) is 43.1 Å². The molecule has 1 aliphatic rings. The van der Waals surface area contributed by atoms with Gasteiger partial charge in [0.15, 0.2) is 5.16 Å². The van der Waals surface area contributed by atoms with Gasteiger partial charge in [-0.25, -0.2) is 0 Å². The molecule has 4 rings (SSSR count). The van der Waals surface area contributed by atoms with Crippen LogP contribution in [0.4, 0.5) is 0 Å². The quantitative estimate of drug-likeness (QED) is 0.499. The Morgan fingerprint density at radius 2 is 1.90 bits per heavy atom. The summed E-state index contributed by atoms with van der Waals surface area (Å²) in [4.78, 5) is 14.9. The first kappa shape index (κ1) is 21.6. The van der Waals surface area contributed by atoms with E-state index in [0.29, 0.717) is 11.8 Å². The van der Waals surface area contributed by atoms with Crippen molar-refractivity contribution < 1.29 is 4.79 Å². The second kappa shape index (κ2) is 10.1. The summed E-state index contributed by atoms with van der Waals surface area (Å²) in [5.74, 6) is 1.52. The first-order valence-corrected chi connectivity index (χ1v) is 12.1. The minimum atomic E-state index is 0.196. The summed E-state index contributed by atoms with van der Waals surface area (Å²) in [5, 5.41) is 9.77. The largest absolute Gasteiger partial charge is 0.339 e. The van der Waals surface area contributed by atoms with E-state index >= 15 is 0 Å². The fraction of sp³-hybridized carbons (Fsp3) is 0.400. The molecule has 1 aliphatic heterocycles. The average Bonchev–Trinajstić information content (AvgIpc) is 3.20. The minimum Gasteiger partial charge on any atom is -0.339 e. The first-order chi connectivity index (χ1) is 15.1. The number of aromatic nitrogens is 3. The number of piperidine rings is 1. The van der Waals surface area contributed by atoms with Crippen molar-refractivity contribution in [3.63, 3.8) is 0 Å². The molecule has 0 saturated carbocycles. The second-order valence-corrected chi connectivity index (χ2v) is 9.22. The number of thioether (sulfide) groups is 1. The molecular weight excluding hydrogens is 404 g/mol. The predicted octanol–water partition coefficient (Wildman–Crippen LogP) is 4.85. The molecule has 1 fully saturated rings. The van der Waals surface area contributed by atoms with E-state index in [9.17, 15) is 4.79 Å². The third-order valence-electron chi connectivity index (χ3n) is 5.89. The lowest BCUT2D eigenvalue weighted by Gasteiger charge is -2.33. The van der Waals surface area contributed by atoms with Crippen LogP contribution in [0.2, 0.25) is 0 Å². The highest BCUT2D eigenvalue weighted by molar-refractivity contribution is 7.99. The Labute approximate surface area is 188 Å². The van der Waals surface area contributed by atoms with Gasteiger partial charge in [-0.2, -0.15) is 0 Å². The summed E-state index contributed by atoms with van der Waals surface area (Å²) in [7, 11) is 0. The molecule has 0 bridgehead atoms. The Kier molecular flexibility index (Phi) is 7.07. The lowest BCUT2D eigenvalue weighted by molar-refractivity contribution is -0.131. The van der Waals surface area contributed by atoms with Crippen molar-refractivity contribution in [2.24, 2.45) is 0 Å². The Hall–Kier alpha value is -2.60. The van der Waals surface area contributed by atoms with E-state index < -0.39 is 0 Å². The van der Waals surface area contributed by atoms with Crippen LogP contribution in [0.25, 0.3) is 5.69 Å². The van der Waals surface area contributed by atoms with Crippen LogP contribution >= 0.6 is 11.8 Å². The molecule has 1 atom stereocenters. The summed E-state index contributed by atoms with van der Waals surface area (Å²) in [6, 6.07) is 19.2. The highest BCUT2D eigenvalue weighted by Gasteiger charge is 2.24. The number of hydrogen-bond donors (Lipinski definition) is 0. The molecule has 1 saturated heterocycles. The highest BCUT2D eigenvalue weighted by Crippen LogP contribution is 2.25. The molecule has 3 aromatic rings. The molecule has 2 aromatic carbocycles. The van der Waals surface area contributed by atoms with E-state index in [1.807, 2.05) is 11.0 Å². The van der Waals surface area contributed by atoms with Crippen molar-refractivity contribution in [2.45, 2.75) is 57.1 Å². The van der Waals surface area contributed by atoms with Gasteiger partial charge in [0.1, 0.15) is 5.82 Å². The van der Waals surface area contributed by atoms with Gasteiger partial charge < -0.3 is 4.90 Å². The third kappa shape index (κ3) is 5.37. The first-order valence-electron chi connectivity index (χ1n) is 11.1. The zero-order chi connectivity index (χ0) is 21.6. The summed E-state index contributed by atoms with van der Waals surface area (Å²) in [5.41, 5.74) is 3.52. The molecule has 0 aliphatic carbocycles. The van der Waals surface area contributed by atoms with Gasteiger partial charge in [-0.3, -0.25) is 9.36 Å². The normalized spacial score (nSPS) is 16.5. The third-order valence-corrected chi connectivity index (χ3v) is 6.80. The van der Waals surface area contributed by atoms with Crippen LogP contribution in [-0.2, 0) is 17.6 Å². The Morgan fingerprint density at radius 1 is 1.06 bits per heavy atom. The maximum atomic E-state index is 12.8. The van der Waals surface area contributed by atoms with Gasteiger partial charge in [0.05, 0.1) is 5.75 Å². The van der Waals surface area contributed by atoms with Crippen molar-refractivity contribution in [1.29, 1.82) is 0 Å². The lowest BCUT2D eigenvalue weighted by Crippen LogP contribution is -2.42. The highest BCUT2D eigenvalue weighted by atomic mass is 32.2. The van der Waals surface area contributed by atoms with Gasteiger partial charge in [-0.15, -0.1) is 10.2 Å². The van der Waals surface area contributed by atoms with Crippen molar-refractivity contribution in [3.8, 4) is 5.69 Å². The van der Waals surface area contributed by atoms with Gasteiger partial charge in [0, 0.05) is 24.7 Å². The topological polar surface area (TPSA) is 51.0 Å². The Bertz CT molecular complexity index is 1020. The fourth-order valence-corrected chi connectivity index (χ4v) is 5.02. The molecule has 0 radical (unpaired) electrons. The van der Waals surface area contributed by atoms with Gasteiger partial charge in [-0.05, 0) is 62.8 Å². The second-order valence-electron chi connectivity index (χ2n) is 8.28. The van der Waals surface area contributed by atoms with Crippen LogP contribution in [0.15, 0.2) is 59.8 Å². The van der Waals surface area contributed by atoms with E-state index in [4.69, 9.17) is 0 Å². The van der Waals surface area contributed by atoms with Crippen LogP contribution < -0.4 is 0 Å². The van der Waals surface area contributed by atoms with E-state index in [1.165, 1.54) is 29.3 Å². The van der Waals surface area contributed by atoms with Gasteiger partial charge >= 0.3 is 0 Å². The monoisotopic (exact) mass is 434 g/mol. The van der Waals surface area contributed by atoms with E-state index in [1.54, 1.807) is 0 Å². The summed E-state index contributed by atoms with van der Waals surface area (Å²) >= 11 is 1.49. The van der Waals surface area contributed by atoms with Gasteiger partial charge in [-0.1, -0.05) is 54.2 Å². The number of carbonyl (C=O) groups is 1. The number of hydrogen-bond acceptors (Lipinski definition) is 4. The summed E-state index contributed by atoms with van der Waals surface area (Å²) in [6.45, 7) is 5.11. The lowest BCUT2D eigenvalue weighted by atomic mass is 10.0. The number of nitrogens with zero attached hydrogens (tertiary/aromatic N) is 4. The predicted molar refractivity (Wildman–Crippen MR) is 126 cm³/mol. The van der Waals surface area contributed by atoms with Crippen molar-refractivity contribution >= 4 is 17.7 Å². The number of carbonyl (C=O) groups excluding carboxylic acids is 1. The molecule has 1 aromatic heterocycles. The number of benzene rings is 2. The zero-order valence-electron chi connectivity index (χ0n) is 18.3. The maximum Gasteiger partial charge on any atom is 0.233 e. The van der Waals surface area contributed by atoms with E-state index in [2.05, 4.69) is 77.1 Å². The van der Waals surface area contributed by atoms with E-state index in [0.717, 1.165) is 48.9 Å². The molecule has 0 spiro atoms.